The Labute approximate surface area is 214 Å². The van der Waals surface area contributed by atoms with Crippen LogP contribution in [0.1, 0.15) is 55.0 Å². The van der Waals surface area contributed by atoms with Crippen LogP contribution in [0.5, 0.6) is 0 Å². The molecule has 0 amide bonds. The monoisotopic (exact) mass is 491 g/mol. The van der Waals surface area contributed by atoms with Crippen LogP contribution in [-0.4, -0.2) is 52.9 Å². The second kappa shape index (κ2) is 11.2. The number of aryl methyl sites for hydroxylation is 1. The third-order valence-electron chi connectivity index (χ3n) is 6.97. The van der Waals surface area contributed by atoms with E-state index in [1.165, 1.54) is 28.3 Å². The van der Waals surface area contributed by atoms with E-state index in [1.807, 2.05) is 18.3 Å². The van der Waals surface area contributed by atoms with Crippen LogP contribution in [0.3, 0.4) is 0 Å². The Hall–Kier alpha value is -2.90. The van der Waals surface area contributed by atoms with Gasteiger partial charge in [0.2, 0.25) is 0 Å². The molecule has 2 atom stereocenters. The predicted octanol–water partition coefficient (Wildman–Crippen LogP) is 5.34. The fourth-order valence-electron chi connectivity index (χ4n) is 5.25. The standard InChI is InChI=1S/C28H37N5OS/c1-6-31(7-2)22-12-14-23(15-13-22)33-20(3)19-24(21(33)4)27-26(25-11-8-9-16-29-25)30-28(35)32(27)17-10-18-34-5/h8-9,11-16,19,26-27H,6-7,10,17-18H2,1-5H3,(H,30,35)/t26-,27+/m0/s1. The summed E-state index contributed by atoms with van der Waals surface area (Å²) in [6, 6.07) is 17.3. The van der Waals surface area contributed by atoms with Crippen molar-refractivity contribution in [3.8, 4) is 5.69 Å². The van der Waals surface area contributed by atoms with Gasteiger partial charge in [0, 0.05) is 62.3 Å². The van der Waals surface area contributed by atoms with Gasteiger partial charge in [-0.3, -0.25) is 4.98 Å². The first-order valence-corrected chi connectivity index (χ1v) is 12.9. The molecule has 0 aliphatic carbocycles. The average Bonchev–Trinajstić information content (AvgIpc) is 3.36. The predicted molar refractivity (Wildman–Crippen MR) is 147 cm³/mol. The molecular formula is C28H37N5OS. The van der Waals surface area contributed by atoms with E-state index >= 15 is 0 Å². The lowest BCUT2D eigenvalue weighted by molar-refractivity contribution is 0.180. The van der Waals surface area contributed by atoms with Crippen molar-refractivity contribution in [2.45, 2.75) is 46.2 Å². The lowest BCUT2D eigenvalue weighted by atomic mass is 9.96. The second-order valence-electron chi connectivity index (χ2n) is 9.02. The number of hydrogen-bond acceptors (Lipinski definition) is 4. The van der Waals surface area contributed by atoms with E-state index in [1.54, 1.807) is 7.11 Å². The third-order valence-corrected chi connectivity index (χ3v) is 7.32. The van der Waals surface area contributed by atoms with Gasteiger partial charge in [0.1, 0.15) is 0 Å². The molecule has 0 spiro atoms. The van der Waals surface area contributed by atoms with Crippen LogP contribution >= 0.6 is 12.2 Å². The fourth-order valence-corrected chi connectivity index (χ4v) is 5.58. The van der Waals surface area contributed by atoms with Crippen LogP contribution in [0.15, 0.2) is 54.7 Å². The summed E-state index contributed by atoms with van der Waals surface area (Å²) in [5.41, 5.74) is 7.15. The molecule has 3 heterocycles. The van der Waals surface area contributed by atoms with Gasteiger partial charge in [-0.15, -0.1) is 0 Å². The van der Waals surface area contributed by atoms with Gasteiger partial charge >= 0.3 is 0 Å². The van der Waals surface area contributed by atoms with Gasteiger partial charge in [-0.1, -0.05) is 6.07 Å². The lowest BCUT2D eigenvalue weighted by Crippen LogP contribution is -2.31. The molecule has 0 bridgehead atoms. The number of methoxy groups -OCH3 is 1. The Morgan fingerprint density at radius 2 is 1.83 bits per heavy atom. The van der Waals surface area contributed by atoms with Crippen molar-refractivity contribution in [3.05, 3.63) is 77.4 Å². The zero-order valence-electron chi connectivity index (χ0n) is 21.5. The van der Waals surface area contributed by atoms with Gasteiger partial charge in [-0.25, -0.2) is 0 Å². The molecule has 1 fully saturated rings. The van der Waals surface area contributed by atoms with Crippen LogP contribution < -0.4 is 10.2 Å². The molecule has 6 nitrogen and oxygen atoms in total. The van der Waals surface area contributed by atoms with Crippen molar-refractivity contribution in [2.75, 3.05) is 38.3 Å². The molecule has 0 radical (unpaired) electrons. The SMILES string of the molecule is CCN(CC)c1ccc(-n2c(C)cc([C@@H]3[C@H](c4ccccn4)NC(=S)N3CCCOC)c2C)cc1. The molecule has 0 unspecified atom stereocenters. The summed E-state index contributed by atoms with van der Waals surface area (Å²) in [5.74, 6) is 0. The van der Waals surface area contributed by atoms with E-state index in [0.717, 1.165) is 36.9 Å². The number of nitrogens with zero attached hydrogens (tertiary/aromatic N) is 4. The van der Waals surface area contributed by atoms with Crippen molar-refractivity contribution in [3.63, 3.8) is 0 Å². The minimum atomic E-state index is -0.00904. The lowest BCUT2D eigenvalue weighted by Gasteiger charge is -2.28. The summed E-state index contributed by atoms with van der Waals surface area (Å²) >= 11 is 5.82. The zero-order valence-corrected chi connectivity index (χ0v) is 22.3. The minimum Gasteiger partial charge on any atom is -0.385 e. The first kappa shape index (κ1) is 25.2. The molecule has 186 valence electrons. The van der Waals surface area contributed by atoms with E-state index < -0.39 is 0 Å². The number of thiocarbonyl (C=S) groups is 1. The Morgan fingerprint density at radius 1 is 1.09 bits per heavy atom. The molecule has 1 aliphatic rings. The summed E-state index contributed by atoms with van der Waals surface area (Å²) < 4.78 is 7.68. The van der Waals surface area contributed by atoms with E-state index in [4.69, 9.17) is 17.0 Å². The maximum absolute atomic E-state index is 5.82. The average molecular weight is 492 g/mol. The topological polar surface area (TPSA) is 45.6 Å². The fraction of sp³-hybridized carbons (Fsp3) is 0.429. The maximum atomic E-state index is 5.82. The van der Waals surface area contributed by atoms with Crippen LogP contribution in [0.4, 0.5) is 5.69 Å². The molecule has 35 heavy (non-hydrogen) atoms. The van der Waals surface area contributed by atoms with Gasteiger partial charge in [0.05, 0.1) is 17.8 Å². The third kappa shape index (κ3) is 5.07. The van der Waals surface area contributed by atoms with Gasteiger partial charge in [-0.05, 0) is 94.4 Å². The smallest absolute Gasteiger partial charge is 0.170 e. The van der Waals surface area contributed by atoms with Crippen molar-refractivity contribution in [2.24, 2.45) is 0 Å². The normalized spacial score (nSPS) is 17.6. The number of aromatic nitrogens is 2. The second-order valence-corrected chi connectivity index (χ2v) is 9.40. The number of hydrogen-bond donors (Lipinski definition) is 1. The van der Waals surface area contributed by atoms with Crippen molar-refractivity contribution in [1.29, 1.82) is 0 Å². The number of pyridine rings is 1. The Balaban J connectivity index is 1.73. The first-order chi connectivity index (χ1) is 17.0. The Morgan fingerprint density at radius 3 is 2.46 bits per heavy atom. The van der Waals surface area contributed by atoms with Crippen molar-refractivity contribution >= 4 is 23.0 Å². The number of nitrogens with one attached hydrogen (secondary N) is 1. The molecule has 1 N–H and O–H groups in total. The highest BCUT2D eigenvalue weighted by Crippen LogP contribution is 2.41. The van der Waals surface area contributed by atoms with Gasteiger partial charge in [0.25, 0.3) is 0 Å². The van der Waals surface area contributed by atoms with Gasteiger partial charge in [-0.2, -0.15) is 0 Å². The van der Waals surface area contributed by atoms with Crippen molar-refractivity contribution < 1.29 is 4.74 Å². The number of ether oxygens (including phenoxy) is 1. The van der Waals surface area contributed by atoms with E-state index in [9.17, 15) is 0 Å². The summed E-state index contributed by atoms with van der Waals surface area (Å²) in [4.78, 5) is 9.35. The molecular weight excluding hydrogens is 454 g/mol. The molecule has 3 aromatic rings. The van der Waals surface area contributed by atoms with E-state index in [2.05, 4.69) is 88.8 Å². The highest BCUT2D eigenvalue weighted by Gasteiger charge is 2.41. The molecule has 1 aliphatic heterocycles. The summed E-state index contributed by atoms with van der Waals surface area (Å²) in [6.45, 7) is 12.3. The largest absolute Gasteiger partial charge is 0.385 e. The van der Waals surface area contributed by atoms with Gasteiger partial charge < -0.3 is 24.4 Å². The molecule has 7 heteroatoms. The molecule has 4 rings (SSSR count). The highest BCUT2D eigenvalue weighted by molar-refractivity contribution is 7.80. The van der Waals surface area contributed by atoms with E-state index in [0.29, 0.717) is 6.61 Å². The van der Waals surface area contributed by atoms with Crippen LogP contribution in [-0.2, 0) is 4.74 Å². The molecule has 1 saturated heterocycles. The van der Waals surface area contributed by atoms with Crippen molar-refractivity contribution in [1.82, 2.24) is 19.8 Å². The zero-order chi connectivity index (χ0) is 24.9. The quantitative estimate of drug-likeness (QED) is 0.305. The van der Waals surface area contributed by atoms with Gasteiger partial charge in [0.15, 0.2) is 5.11 Å². The number of anilines is 1. The Bertz CT molecular complexity index is 1120. The summed E-state index contributed by atoms with van der Waals surface area (Å²) in [7, 11) is 1.74. The van der Waals surface area contributed by atoms with Crippen LogP contribution in [0.2, 0.25) is 0 Å². The molecule has 0 saturated carbocycles. The van der Waals surface area contributed by atoms with Crippen LogP contribution in [0, 0.1) is 13.8 Å². The van der Waals surface area contributed by atoms with Crippen LogP contribution in [0.25, 0.3) is 5.69 Å². The number of rotatable bonds is 10. The van der Waals surface area contributed by atoms with E-state index in [-0.39, 0.29) is 12.1 Å². The first-order valence-electron chi connectivity index (χ1n) is 12.5. The minimum absolute atomic E-state index is 0.00904. The summed E-state index contributed by atoms with van der Waals surface area (Å²) in [5, 5.41) is 4.34. The summed E-state index contributed by atoms with van der Waals surface area (Å²) in [6.07, 6.45) is 2.76. The number of benzene rings is 1. The molecule has 2 aromatic heterocycles. The maximum Gasteiger partial charge on any atom is 0.170 e. The highest BCUT2D eigenvalue weighted by atomic mass is 32.1. The molecule has 1 aromatic carbocycles. The Kier molecular flexibility index (Phi) is 8.08.